The number of carboxylic acids is 1. The van der Waals surface area contributed by atoms with Gasteiger partial charge in [-0.25, -0.2) is 9.18 Å². The molecular weight excluding hydrogens is 285 g/mol. The van der Waals surface area contributed by atoms with Gasteiger partial charge in [-0.15, -0.1) is 0 Å². The van der Waals surface area contributed by atoms with Gasteiger partial charge in [-0.2, -0.15) is 0 Å². The van der Waals surface area contributed by atoms with Crippen molar-refractivity contribution in [1.82, 2.24) is 5.32 Å². The average Bonchev–Trinajstić information content (AvgIpc) is 2.52. The Morgan fingerprint density at radius 3 is 2.27 bits per heavy atom. The minimum atomic E-state index is -0.988. The maximum atomic E-state index is 12.7. The second-order valence-corrected chi connectivity index (χ2v) is 4.60. The number of hydrogen-bond acceptors (Lipinski definition) is 2. The largest absolute Gasteiger partial charge is 0.478 e. The van der Waals surface area contributed by atoms with Crippen LogP contribution in [0.5, 0.6) is 0 Å². The van der Waals surface area contributed by atoms with E-state index >= 15 is 0 Å². The van der Waals surface area contributed by atoms with Gasteiger partial charge in [-0.3, -0.25) is 4.79 Å². The maximum Gasteiger partial charge on any atom is 0.335 e. The molecule has 0 atom stereocenters. The highest BCUT2D eigenvalue weighted by molar-refractivity contribution is 5.91. The Labute approximate surface area is 126 Å². The number of carbonyl (C=O) groups is 2. The number of carboxylic acid groups (broad SMARTS) is 1. The zero-order chi connectivity index (χ0) is 15.9. The van der Waals surface area contributed by atoms with Crippen LogP contribution in [0.25, 0.3) is 6.08 Å². The molecule has 2 N–H and O–H groups in total. The molecular formula is C17H14FNO3. The van der Waals surface area contributed by atoms with Crippen molar-refractivity contribution in [2.24, 2.45) is 0 Å². The highest BCUT2D eigenvalue weighted by atomic mass is 19.1. The molecule has 0 saturated carbocycles. The third-order valence-corrected chi connectivity index (χ3v) is 2.96. The van der Waals surface area contributed by atoms with Gasteiger partial charge in [0.15, 0.2) is 0 Å². The fourth-order valence-corrected chi connectivity index (χ4v) is 1.76. The van der Waals surface area contributed by atoms with Crippen LogP contribution in [0.4, 0.5) is 4.39 Å². The van der Waals surface area contributed by atoms with Gasteiger partial charge in [0, 0.05) is 12.6 Å². The number of aromatic carboxylic acids is 1. The third kappa shape index (κ3) is 4.56. The minimum absolute atomic E-state index is 0.200. The molecule has 2 aromatic rings. The van der Waals surface area contributed by atoms with Crippen molar-refractivity contribution in [3.05, 3.63) is 77.1 Å². The summed E-state index contributed by atoms with van der Waals surface area (Å²) in [5.41, 5.74) is 1.72. The zero-order valence-electron chi connectivity index (χ0n) is 11.6. The van der Waals surface area contributed by atoms with Crippen LogP contribution in [0.2, 0.25) is 0 Å². The molecule has 0 aliphatic carbocycles. The second-order valence-electron chi connectivity index (χ2n) is 4.60. The van der Waals surface area contributed by atoms with Crippen LogP contribution in [-0.2, 0) is 11.3 Å². The van der Waals surface area contributed by atoms with E-state index in [-0.39, 0.29) is 17.3 Å². The van der Waals surface area contributed by atoms with Gasteiger partial charge in [-0.1, -0.05) is 24.3 Å². The molecule has 0 aliphatic heterocycles. The summed E-state index contributed by atoms with van der Waals surface area (Å²) in [5.74, 6) is -1.60. The number of rotatable bonds is 5. The molecule has 2 rings (SSSR count). The van der Waals surface area contributed by atoms with Gasteiger partial charge in [0.05, 0.1) is 5.56 Å². The average molecular weight is 299 g/mol. The Kier molecular flexibility index (Phi) is 5.03. The monoisotopic (exact) mass is 299 g/mol. The van der Waals surface area contributed by atoms with Crippen molar-refractivity contribution in [2.75, 3.05) is 0 Å². The molecule has 5 heteroatoms. The molecule has 0 heterocycles. The first-order valence-electron chi connectivity index (χ1n) is 6.58. The molecule has 112 valence electrons. The molecule has 0 unspecified atom stereocenters. The summed E-state index contributed by atoms with van der Waals surface area (Å²) in [6.45, 7) is 0.298. The van der Waals surface area contributed by atoms with E-state index in [9.17, 15) is 14.0 Å². The Morgan fingerprint density at radius 1 is 1.05 bits per heavy atom. The van der Waals surface area contributed by atoms with Crippen LogP contribution in [0.3, 0.4) is 0 Å². The summed E-state index contributed by atoms with van der Waals surface area (Å²) in [6.07, 6.45) is 2.95. The minimum Gasteiger partial charge on any atom is -0.478 e. The van der Waals surface area contributed by atoms with Gasteiger partial charge >= 0.3 is 5.97 Å². The molecule has 0 aliphatic rings. The maximum absolute atomic E-state index is 12.7. The quantitative estimate of drug-likeness (QED) is 0.834. The van der Waals surface area contributed by atoms with Crippen molar-refractivity contribution in [3.63, 3.8) is 0 Å². The summed E-state index contributed by atoms with van der Waals surface area (Å²) < 4.78 is 12.7. The fraction of sp³-hybridized carbons (Fsp3) is 0.0588. The van der Waals surface area contributed by atoms with E-state index in [2.05, 4.69) is 5.32 Å². The smallest absolute Gasteiger partial charge is 0.335 e. The molecule has 22 heavy (non-hydrogen) atoms. The SMILES string of the molecule is O=C(/C=C/c1ccc(F)cc1)NCc1ccc(C(=O)O)cc1. The summed E-state index contributed by atoms with van der Waals surface area (Å²) in [7, 11) is 0. The first-order chi connectivity index (χ1) is 10.5. The third-order valence-electron chi connectivity index (χ3n) is 2.96. The van der Waals surface area contributed by atoms with Crippen LogP contribution in [0, 0.1) is 5.82 Å². The molecule has 1 amide bonds. The predicted octanol–water partition coefficient (Wildman–Crippen LogP) is 2.85. The van der Waals surface area contributed by atoms with Crippen LogP contribution < -0.4 is 5.32 Å². The fourth-order valence-electron chi connectivity index (χ4n) is 1.76. The highest BCUT2D eigenvalue weighted by Gasteiger charge is 2.02. The first-order valence-corrected chi connectivity index (χ1v) is 6.58. The first kappa shape index (κ1) is 15.4. The van der Waals surface area contributed by atoms with Crippen molar-refractivity contribution < 1.29 is 19.1 Å². The van der Waals surface area contributed by atoms with Crippen LogP contribution >= 0.6 is 0 Å². The number of amides is 1. The van der Waals surface area contributed by atoms with E-state index < -0.39 is 5.97 Å². The number of halogens is 1. The molecule has 4 nitrogen and oxygen atoms in total. The molecule has 0 aromatic heterocycles. The summed E-state index contributed by atoms with van der Waals surface area (Å²) in [6, 6.07) is 12.0. The molecule has 0 bridgehead atoms. The van der Waals surface area contributed by atoms with E-state index in [0.717, 1.165) is 11.1 Å². The lowest BCUT2D eigenvalue weighted by atomic mass is 10.1. The number of carbonyl (C=O) groups excluding carboxylic acids is 1. The Hall–Kier alpha value is -2.95. The lowest BCUT2D eigenvalue weighted by Crippen LogP contribution is -2.20. The summed E-state index contributed by atoms with van der Waals surface area (Å²) in [5, 5.41) is 11.5. The van der Waals surface area contributed by atoms with E-state index in [0.29, 0.717) is 6.54 Å². The molecule has 0 fully saturated rings. The lowest BCUT2D eigenvalue weighted by molar-refractivity contribution is -0.116. The second kappa shape index (κ2) is 7.17. The van der Waals surface area contributed by atoms with Gasteiger partial charge in [-0.05, 0) is 41.5 Å². The van der Waals surface area contributed by atoms with Gasteiger partial charge in [0.2, 0.25) is 5.91 Å². The van der Waals surface area contributed by atoms with Gasteiger partial charge < -0.3 is 10.4 Å². The van der Waals surface area contributed by atoms with Crippen molar-refractivity contribution in [2.45, 2.75) is 6.54 Å². The normalized spacial score (nSPS) is 10.6. The van der Waals surface area contributed by atoms with Gasteiger partial charge in [0.1, 0.15) is 5.82 Å². The summed E-state index contributed by atoms with van der Waals surface area (Å²) >= 11 is 0. The Bertz CT molecular complexity index is 691. The molecule has 0 saturated heterocycles. The number of nitrogens with one attached hydrogen (secondary N) is 1. The van der Waals surface area contributed by atoms with Crippen molar-refractivity contribution in [3.8, 4) is 0 Å². The van der Waals surface area contributed by atoms with Crippen molar-refractivity contribution >= 4 is 18.0 Å². The predicted molar refractivity (Wildman–Crippen MR) is 80.7 cm³/mol. The topological polar surface area (TPSA) is 66.4 Å². The zero-order valence-corrected chi connectivity index (χ0v) is 11.6. The van der Waals surface area contributed by atoms with Crippen molar-refractivity contribution in [1.29, 1.82) is 0 Å². The number of benzene rings is 2. The van der Waals surface area contributed by atoms with Gasteiger partial charge in [0.25, 0.3) is 0 Å². The van der Waals surface area contributed by atoms with Crippen LogP contribution in [0.15, 0.2) is 54.6 Å². The Balaban J connectivity index is 1.87. The molecule has 0 spiro atoms. The van der Waals surface area contributed by atoms with E-state index in [1.54, 1.807) is 30.3 Å². The Morgan fingerprint density at radius 2 is 1.68 bits per heavy atom. The lowest BCUT2D eigenvalue weighted by Gasteiger charge is -2.03. The molecule has 0 radical (unpaired) electrons. The van der Waals surface area contributed by atoms with Crippen LogP contribution in [-0.4, -0.2) is 17.0 Å². The summed E-state index contributed by atoms with van der Waals surface area (Å²) in [4.78, 5) is 22.4. The highest BCUT2D eigenvalue weighted by Crippen LogP contribution is 2.05. The van der Waals surface area contributed by atoms with E-state index in [1.165, 1.54) is 30.3 Å². The number of hydrogen-bond donors (Lipinski definition) is 2. The molecule has 2 aromatic carbocycles. The standard InChI is InChI=1S/C17H14FNO3/c18-15-8-3-12(4-9-15)5-10-16(20)19-11-13-1-6-14(7-2-13)17(21)22/h1-10H,11H2,(H,19,20)(H,21,22)/b10-5+. The van der Waals surface area contributed by atoms with E-state index in [1.807, 2.05) is 0 Å². The van der Waals surface area contributed by atoms with E-state index in [4.69, 9.17) is 5.11 Å². The van der Waals surface area contributed by atoms with Crippen LogP contribution in [0.1, 0.15) is 21.5 Å².